The fourth-order valence-corrected chi connectivity index (χ4v) is 1.42. The summed E-state index contributed by atoms with van der Waals surface area (Å²) in [6, 6.07) is 0.547. The second-order valence-corrected chi connectivity index (χ2v) is 3.82. The topological polar surface area (TPSA) is 30.5 Å². The number of hydrogen-bond donors (Lipinski definition) is 1. The van der Waals surface area contributed by atoms with Crippen LogP contribution in [0.1, 0.15) is 26.7 Å². The summed E-state index contributed by atoms with van der Waals surface area (Å²) in [4.78, 5) is 0. The summed E-state index contributed by atoms with van der Waals surface area (Å²) in [7, 11) is 0. The molecule has 1 N–H and O–H groups in total. The Morgan fingerprint density at radius 2 is 2.38 bits per heavy atom. The fourth-order valence-electron chi connectivity index (χ4n) is 1.42. The van der Waals surface area contributed by atoms with E-state index in [9.17, 15) is 0 Å². The summed E-state index contributed by atoms with van der Waals surface area (Å²) in [6.07, 6.45) is 2.63. The molecule has 0 spiro atoms. The van der Waals surface area contributed by atoms with Crippen molar-refractivity contribution in [1.29, 1.82) is 0 Å². The molecule has 1 saturated heterocycles. The molecule has 0 bridgehead atoms. The third-order valence-corrected chi connectivity index (χ3v) is 2.13. The molecule has 0 saturated carbocycles. The van der Waals surface area contributed by atoms with Gasteiger partial charge in [-0.05, 0) is 12.8 Å². The Bertz CT molecular complexity index is 122. The van der Waals surface area contributed by atoms with Gasteiger partial charge in [-0.15, -0.1) is 0 Å². The van der Waals surface area contributed by atoms with Crippen molar-refractivity contribution in [1.82, 2.24) is 5.32 Å². The summed E-state index contributed by atoms with van der Waals surface area (Å²) in [5.41, 5.74) is 0. The van der Waals surface area contributed by atoms with E-state index in [2.05, 4.69) is 19.2 Å². The van der Waals surface area contributed by atoms with Crippen molar-refractivity contribution >= 4 is 0 Å². The largest absolute Gasteiger partial charge is 0.379 e. The molecular weight excluding hydrogens is 166 g/mol. The fraction of sp³-hybridized carbons (Fsp3) is 1.00. The molecule has 1 atom stereocenters. The summed E-state index contributed by atoms with van der Waals surface area (Å²) in [6.45, 7) is 7.71. The Hall–Kier alpha value is -0.120. The van der Waals surface area contributed by atoms with Crippen molar-refractivity contribution in [2.24, 2.45) is 0 Å². The molecule has 1 rings (SSSR count). The van der Waals surface area contributed by atoms with Crippen LogP contribution >= 0.6 is 0 Å². The summed E-state index contributed by atoms with van der Waals surface area (Å²) < 4.78 is 11.0. The van der Waals surface area contributed by atoms with Gasteiger partial charge in [-0.1, -0.05) is 13.8 Å². The molecule has 1 heterocycles. The van der Waals surface area contributed by atoms with E-state index in [1.807, 2.05) is 0 Å². The maximum absolute atomic E-state index is 5.65. The third-order valence-electron chi connectivity index (χ3n) is 2.13. The first kappa shape index (κ1) is 11.0. The first-order valence-corrected chi connectivity index (χ1v) is 5.22. The summed E-state index contributed by atoms with van der Waals surface area (Å²) in [5, 5.41) is 3.32. The highest BCUT2D eigenvalue weighted by Gasteiger charge is 2.13. The van der Waals surface area contributed by atoms with E-state index in [4.69, 9.17) is 9.47 Å². The Kier molecular flexibility index (Phi) is 5.35. The van der Waals surface area contributed by atoms with Crippen LogP contribution in [0.5, 0.6) is 0 Å². The van der Waals surface area contributed by atoms with Crippen molar-refractivity contribution in [3.05, 3.63) is 0 Å². The lowest BCUT2D eigenvalue weighted by atomic mass is 10.2. The van der Waals surface area contributed by atoms with Gasteiger partial charge in [0.15, 0.2) is 0 Å². The minimum Gasteiger partial charge on any atom is -0.379 e. The number of hydrogen-bond acceptors (Lipinski definition) is 3. The van der Waals surface area contributed by atoms with Crippen LogP contribution in [0, 0.1) is 0 Å². The van der Waals surface area contributed by atoms with Gasteiger partial charge in [-0.25, -0.2) is 0 Å². The van der Waals surface area contributed by atoms with E-state index in [-0.39, 0.29) is 0 Å². The van der Waals surface area contributed by atoms with Crippen LogP contribution in [-0.2, 0) is 9.47 Å². The van der Waals surface area contributed by atoms with E-state index in [1.54, 1.807) is 0 Å². The van der Waals surface area contributed by atoms with Crippen molar-refractivity contribution in [3.63, 3.8) is 0 Å². The Morgan fingerprint density at radius 1 is 1.54 bits per heavy atom. The lowest BCUT2D eigenvalue weighted by Gasteiger charge is -2.22. The standard InChI is InChI=1S/C10H21NO2/c1-9(2)11-5-7-13-10-4-3-6-12-8-10/h9-11H,3-8H2,1-2H3. The molecule has 3 heteroatoms. The Morgan fingerprint density at radius 3 is 3.00 bits per heavy atom. The number of nitrogens with one attached hydrogen (secondary N) is 1. The van der Waals surface area contributed by atoms with Crippen molar-refractivity contribution in [2.45, 2.75) is 38.8 Å². The SMILES string of the molecule is CC(C)NCCOC1CCCOC1. The van der Waals surface area contributed by atoms with Gasteiger partial charge < -0.3 is 14.8 Å². The average Bonchev–Trinajstić information content (AvgIpc) is 2.14. The zero-order valence-corrected chi connectivity index (χ0v) is 8.71. The van der Waals surface area contributed by atoms with Crippen molar-refractivity contribution < 1.29 is 9.47 Å². The first-order chi connectivity index (χ1) is 6.29. The maximum atomic E-state index is 5.65. The highest BCUT2D eigenvalue weighted by molar-refractivity contribution is 4.62. The van der Waals surface area contributed by atoms with E-state index in [1.165, 1.54) is 0 Å². The average molecular weight is 187 g/mol. The summed E-state index contributed by atoms with van der Waals surface area (Å²) >= 11 is 0. The summed E-state index contributed by atoms with van der Waals surface area (Å²) in [5.74, 6) is 0. The van der Waals surface area contributed by atoms with Crippen LogP contribution in [0.3, 0.4) is 0 Å². The minimum atomic E-state index is 0.336. The number of rotatable bonds is 5. The van der Waals surface area contributed by atoms with Gasteiger partial charge in [-0.3, -0.25) is 0 Å². The zero-order valence-electron chi connectivity index (χ0n) is 8.71. The van der Waals surface area contributed by atoms with Crippen LogP contribution in [0.15, 0.2) is 0 Å². The normalized spacial score (nSPS) is 23.8. The lowest BCUT2D eigenvalue weighted by Crippen LogP contribution is -2.31. The molecule has 78 valence electrons. The predicted molar refractivity (Wildman–Crippen MR) is 52.9 cm³/mol. The molecule has 0 aromatic rings. The van der Waals surface area contributed by atoms with Crippen LogP contribution in [0.25, 0.3) is 0 Å². The molecule has 0 aromatic carbocycles. The van der Waals surface area contributed by atoms with Crippen LogP contribution in [-0.4, -0.2) is 38.5 Å². The third kappa shape index (κ3) is 5.24. The van der Waals surface area contributed by atoms with E-state index < -0.39 is 0 Å². The monoisotopic (exact) mass is 187 g/mol. The van der Waals surface area contributed by atoms with Gasteiger partial charge in [0.25, 0.3) is 0 Å². The van der Waals surface area contributed by atoms with Gasteiger partial charge in [0.05, 0.1) is 19.3 Å². The zero-order chi connectivity index (χ0) is 9.52. The van der Waals surface area contributed by atoms with E-state index >= 15 is 0 Å². The molecule has 1 unspecified atom stereocenters. The predicted octanol–water partition coefficient (Wildman–Crippen LogP) is 1.18. The van der Waals surface area contributed by atoms with Gasteiger partial charge in [0, 0.05) is 19.2 Å². The highest BCUT2D eigenvalue weighted by Crippen LogP contribution is 2.08. The first-order valence-electron chi connectivity index (χ1n) is 5.22. The van der Waals surface area contributed by atoms with Gasteiger partial charge >= 0.3 is 0 Å². The van der Waals surface area contributed by atoms with E-state index in [0.717, 1.165) is 39.2 Å². The molecule has 0 aliphatic carbocycles. The molecule has 0 amide bonds. The van der Waals surface area contributed by atoms with Gasteiger partial charge in [0.2, 0.25) is 0 Å². The molecule has 3 nitrogen and oxygen atoms in total. The van der Waals surface area contributed by atoms with Gasteiger partial charge in [-0.2, -0.15) is 0 Å². The van der Waals surface area contributed by atoms with Crippen molar-refractivity contribution in [3.8, 4) is 0 Å². The van der Waals surface area contributed by atoms with Gasteiger partial charge in [0.1, 0.15) is 0 Å². The Labute approximate surface area is 80.8 Å². The van der Waals surface area contributed by atoms with Crippen LogP contribution in [0.2, 0.25) is 0 Å². The Balaban J connectivity index is 1.92. The lowest BCUT2D eigenvalue weighted by molar-refractivity contribution is -0.0488. The molecule has 0 aromatic heterocycles. The molecular formula is C10H21NO2. The molecule has 1 aliphatic heterocycles. The quantitative estimate of drug-likeness (QED) is 0.656. The molecule has 1 aliphatic rings. The second-order valence-electron chi connectivity index (χ2n) is 3.82. The van der Waals surface area contributed by atoms with E-state index in [0.29, 0.717) is 12.1 Å². The second kappa shape index (κ2) is 6.35. The van der Waals surface area contributed by atoms with Crippen molar-refractivity contribution in [2.75, 3.05) is 26.4 Å². The van der Waals surface area contributed by atoms with Crippen LogP contribution < -0.4 is 5.32 Å². The van der Waals surface area contributed by atoms with Crippen LogP contribution in [0.4, 0.5) is 0 Å². The minimum absolute atomic E-state index is 0.336. The highest BCUT2D eigenvalue weighted by atomic mass is 16.5. The molecule has 1 fully saturated rings. The molecule has 13 heavy (non-hydrogen) atoms. The maximum Gasteiger partial charge on any atom is 0.0810 e. The number of ether oxygens (including phenoxy) is 2. The molecule has 0 radical (unpaired) electrons. The smallest absolute Gasteiger partial charge is 0.0810 e.